The van der Waals surface area contributed by atoms with E-state index < -0.39 is 24.2 Å². The molecule has 2 saturated heterocycles. The number of ether oxygens (including phenoxy) is 1. The third kappa shape index (κ3) is 8.85. The number of rotatable bonds is 13. The van der Waals surface area contributed by atoms with Crippen molar-refractivity contribution in [1.29, 1.82) is 0 Å². The summed E-state index contributed by atoms with van der Waals surface area (Å²) in [4.78, 5) is 58.2. The fourth-order valence-corrected chi connectivity index (χ4v) is 9.73. The molecule has 258 valence electrons. The number of carbonyl (C=O) groups excluding carboxylic acids is 4. The smallest absolute Gasteiger partial charge is 0.329 e. The van der Waals surface area contributed by atoms with Crippen molar-refractivity contribution in [1.82, 2.24) is 15.1 Å². The molecule has 2 fully saturated rings. The van der Waals surface area contributed by atoms with E-state index in [9.17, 15) is 19.2 Å². The molecule has 0 radical (unpaired) electrons. The number of nitrogens with one attached hydrogen (secondary N) is 1. The van der Waals surface area contributed by atoms with Gasteiger partial charge in [-0.05, 0) is 42.3 Å². The Balaban J connectivity index is 1.15. The average Bonchev–Trinajstić information content (AvgIpc) is 3.78. The van der Waals surface area contributed by atoms with Crippen molar-refractivity contribution in [2.24, 2.45) is 0 Å². The number of benzene rings is 4. The van der Waals surface area contributed by atoms with Crippen molar-refractivity contribution in [3.8, 4) is 0 Å². The van der Waals surface area contributed by atoms with Gasteiger partial charge in [-0.2, -0.15) is 0 Å². The summed E-state index contributed by atoms with van der Waals surface area (Å²) in [7, 11) is 1.72. The first kappa shape index (κ1) is 35.4. The Morgan fingerprint density at radius 3 is 1.92 bits per heavy atom. The predicted octanol–water partition coefficient (Wildman–Crippen LogP) is 5.64. The van der Waals surface area contributed by atoms with Crippen LogP contribution in [0, 0.1) is 0 Å². The molecule has 2 atom stereocenters. The highest BCUT2D eigenvalue weighted by Crippen LogP contribution is 2.52. The molecular weight excluding hydrogens is 667 g/mol. The minimum atomic E-state index is -0.792. The molecule has 4 aromatic carbocycles. The zero-order valence-corrected chi connectivity index (χ0v) is 29.6. The third-order valence-electron chi connectivity index (χ3n) is 8.98. The van der Waals surface area contributed by atoms with E-state index >= 15 is 0 Å². The Morgan fingerprint density at radius 2 is 1.34 bits per heavy atom. The normalized spacial score (nSPS) is 17.2. The largest absolute Gasteiger partial charge is 0.451 e. The summed E-state index contributed by atoms with van der Waals surface area (Å²) in [5, 5.41) is 2.92. The van der Waals surface area contributed by atoms with E-state index in [1.54, 1.807) is 64.6 Å². The zero-order chi connectivity index (χ0) is 34.9. The second kappa shape index (κ2) is 16.6. The van der Waals surface area contributed by atoms with Crippen LogP contribution in [0.15, 0.2) is 121 Å². The lowest BCUT2D eigenvalue weighted by Crippen LogP contribution is -2.49. The molecule has 1 unspecified atom stereocenters. The van der Waals surface area contributed by atoms with Gasteiger partial charge in [0, 0.05) is 30.0 Å². The van der Waals surface area contributed by atoms with Gasteiger partial charge < -0.3 is 15.0 Å². The summed E-state index contributed by atoms with van der Waals surface area (Å²) in [5.41, 5.74) is 3.08. The molecule has 2 amide bonds. The van der Waals surface area contributed by atoms with Gasteiger partial charge in [0.2, 0.25) is 5.91 Å². The van der Waals surface area contributed by atoms with Crippen LogP contribution in [-0.4, -0.2) is 87.7 Å². The van der Waals surface area contributed by atoms with Gasteiger partial charge in [-0.1, -0.05) is 109 Å². The van der Waals surface area contributed by atoms with Crippen LogP contribution in [0.3, 0.4) is 0 Å². The van der Waals surface area contributed by atoms with E-state index in [-0.39, 0.29) is 34.8 Å². The summed E-state index contributed by atoms with van der Waals surface area (Å²) in [6.45, 7) is 0.306. The number of esters is 1. The van der Waals surface area contributed by atoms with Crippen LogP contribution in [0.5, 0.6) is 0 Å². The standard InChI is InChI=1S/C40H41N3O5S2/c1-42(26-35(44)33(24-29-14-6-2-7-15-29)41-38(46)32-20-12-5-13-21-32)27-36(45)43-28-40(49-22-23-50-40)25-34(43)39(47)48-37(30-16-8-3-9-17-30)31-18-10-4-11-19-31/h2-21,33-34,37H,22-28H2,1H3,(H,41,46)/t33?,34-/m0/s1. The van der Waals surface area contributed by atoms with Crippen molar-refractivity contribution in [3.05, 3.63) is 144 Å². The molecule has 50 heavy (non-hydrogen) atoms. The van der Waals surface area contributed by atoms with Gasteiger partial charge in [0.05, 0.1) is 23.2 Å². The molecule has 0 aromatic heterocycles. The molecule has 6 rings (SSSR count). The Labute approximate surface area is 302 Å². The Hall–Kier alpha value is -4.38. The number of amides is 2. The number of thioether (sulfide) groups is 2. The number of likely N-dealkylation sites (tertiary alicyclic amines) is 1. The van der Waals surface area contributed by atoms with Crippen LogP contribution in [-0.2, 0) is 25.5 Å². The first-order chi connectivity index (χ1) is 24.3. The lowest BCUT2D eigenvalue weighted by atomic mass is 10.0. The molecule has 0 bridgehead atoms. The highest BCUT2D eigenvalue weighted by Gasteiger charge is 2.52. The maximum absolute atomic E-state index is 14.1. The zero-order valence-electron chi connectivity index (χ0n) is 28.0. The number of ketones is 1. The maximum atomic E-state index is 14.1. The molecule has 4 aromatic rings. The Kier molecular flexibility index (Phi) is 11.7. The van der Waals surface area contributed by atoms with Crippen LogP contribution in [0.25, 0.3) is 0 Å². The van der Waals surface area contributed by atoms with Gasteiger partial charge in [-0.3, -0.25) is 19.3 Å². The van der Waals surface area contributed by atoms with E-state index in [4.69, 9.17) is 4.74 Å². The lowest BCUT2D eigenvalue weighted by Gasteiger charge is -2.28. The van der Waals surface area contributed by atoms with Crippen molar-refractivity contribution >= 4 is 47.1 Å². The molecule has 0 saturated carbocycles. The number of carbonyl (C=O) groups is 4. The van der Waals surface area contributed by atoms with Crippen LogP contribution >= 0.6 is 23.5 Å². The van der Waals surface area contributed by atoms with Crippen molar-refractivity contribution in [3.63, 3.8) is 0 Å². The van der Waals surface area contributed by atoms with Gasteiger partial charge in [0.25, 0.3) is 5.91 Å². The van der Waals surface area contributed by atoms with Gasteiger partial charge in [-0.25, -0.2) is 4.79 Å². The quantitative estimate of drug-likeness (QED) is 0.179. The Bertz CT molecular complexity index is 1720. The first-order valence-corrected chi connectivity index (χ1v) is 18.8. The van der Waals surface area contributed by atoms with Crippen molar-refractivity contribution < 1.29 is 23.9 Å². The molecular formula is C40H41N3O5S2. The van der Waals surface area contributed by atoms with E-state index in [2.05, 4.69) is 5.32 Å². The highest BCUT2D eigenvalue weighted by molar-refractivity contribution is 8.21. The summed E-state index contributed by atoms with van der Waals surface area (Å²) < 4.78 is 5.99. The van der Waals surface area contributed by atoms with Crippen LogP contribution in [0.4, 0.5) is 0 Å². The number of likely N-dealkylation sites (N-methyl/N-ethyl adjacent to an activating group) is 1. The van der Waals surface area contributed by atoms with Crippen LogP contribution in [0.1, 0.15) is 39.6 Å². The predicted molar refractivity (Wildman–Crippen MR) is 199 cm³/mol. The molecule has 10 heteroatoms. The number of hydrogen-bond acceptors (Lipinski definition) is 8. The number of hydrogen-bond donors (Lipinski definition) is 1. The second-order valence-corrected chi connectivity index (χ2v) is 15.9. The molecule has 2 heterocycles. The summed E-state index contributed by atoms with van der Waals surface area (Å²) in [6.07, 6.45) is 0.201. The molecule has 0 aliphatic carbocycles. The van der Waals surface area contributed by atoms with Crippen LogP contribution in [0.2, 0.25) is 0 Å². The Morgan fingerprint density at radius 1 is 0.800 bits per heavy atom. The highest BCUT2D eigenvalue weighted by atomic mass is 32.2. The maximum Gasteiger partial charge on any atom is 0.329 e. The second-order valence-electron chi connectivity index (χ2n) is 12.7. The fourth-order valence-electron chi connectivity index (χ4n) is 6.48. The number of nitrogens with zero attached hydrogens (tertiary/aromatic N) is 2. The topological polar surface area (TPSA) is 96.0 Å². The monoisotopic (exact) mass is 707 g/mol. The third-order valence-corrected chi connectivity index (χ3v) is 12.4. The van der Waals surface area contributed by atoms with E-state index in [0.717, 1.165) is 28.2 Å². The van der Waals surface area contributed by atoms with Gasteiger partial charge >= 0.3 is 5.97 Å². The van der Waals surface area contributed by atoms with Gasteiger partial charge in [0.1, 0.15) is 6.04 Å². The van der Waals surface area contributed by atoms with E-state index in [0.29, 0.717) is 24.9 Å². The summed E-state index contributed by atoms with van der Waals surface area (Å²) in [5.74, 6) is 0.687. The van der Waals surface area contributed by atoms with E-state index in [1.807, 2.05) is 97.1 Å². The molecule has 2 aliphatic rings. The average molecular weight is 708 g/mol. The van der Waals surface area contributed by atoms with Crippen LogP contribution < -0.4 is 5.32 Å². The SMILES string of the molecule is CN(CC(=O)C(Cc1ccccc1)NC(=O)c1ccccc1)CC(=O)N1CC2(C[C@H]1C(=O)OC(c1ccccc1)c1ccccc1)SCCS2. The molecule has 2 aliphatic heterocycles. The van der Waals surface area contributed by atoms with Gasteiger partial charge in [-0.15, -0.1) is 23.5 Å². The van der Waals surface area contributed by atoms with Crippen molar-refractivity contribution in [2.45, 2.75) is 35.1 Å². The molecule has 1 N–H and O–H groups in total. The van der Waals surface area contributed by atoms with Crippen molar-refractivity contribution in [2.75, 3.05) is 38.2 Å². The summed E-state index contributed by atoms with van der Waals surface area (Å²) >= 11 is 3.60. The number of Topliss-reactive ketones (excluding diaryl/α,β-unsaturated/α-hetero) is 1. The molecule has 1 spiro atoms. The van der Waals surface area contributed by atoms with E-state index in [1.165, 1.54) is 0 Å². The lowest BCUT2D eigenvalue weighted by molar-refractivity contribution is -0.157. The first-order valence-electron chi connectivity index (χ1n) is 16.8. The molecule has 8 nitrogen and oxygen atoms in total. The van der Waals surface area contributed by atoms with Gasteiger partial charge in [0.15, 0.2) is 11.9 Å². The summed E-state index contributed by atoms with van der Waals surface area (Å²) in [6, 6.07) is 36.0. The minimum absolute atomic E-state index is 0.0556. The minimum Gasteiger partial charge on any atom is -0.451 e. The fraction of sp³-hybridized carbons (Fsp3) is 0.300.